The Morgan fingerprint density at radius 3 is 0.716 bits per heavy atom. The van der Waals surface area contributed by atoms with Gasteiger partial charge in [0.2, 0.25) is 0 Å². The van der Waals surface area contributed by atoms with Crippen LogP contribution < -0.4 is 0 Å². The molecule has 0 heterocycles. The topological polar surface area (TPSA) is 237 Å². The summed E-state index contributed by atoms with van der Waals surface area (Å²) in [5.41, 5.74) is 0. The van der Waals surface area contributed by atoms with Gasteiger partial charge in [0, 0.05) is 25.7 Å². The maximum atomic E-state index is 13.1. The normalized spacial score (nSPS) is 14.0. The van der Waals surface area contributed by atoms with Crippen LogP contribution in [-0.4, -0.2) is 96.7 Å². The predicted molar refractivity (Wildman–Crippen MR) is 386 cm³/mol. The van der Waals surface area contributed by atoms with E-state index in [1.807, 2.05) is 0 Å². The minimum atomic E-state index is -4.96. The molecule has 0 rings (SSSR count). The van der Waals surface area contributed by atoms with Crippen LogP contribution in [0.15, 0.2) is 0 Å². The Balaban J connectivity index is 5.26. The lowest BCUT2D eigenvalue weighted by Gasteiger charge is -2.21. The average molecular weight is 1400 g/mol. The molecule has 0 bridgehead atoms. The number of phosphoric acid groups is 2. The van der Waals surface area contributed by atoms with E-state index in [0.29, 0.717) is 25.7 Å². The Kier molecular flexibility index (Phi) is 66.5. The highest BCUT2D eigenvalue weighted by molar-refractivity contribution is 7.47. The quantitative estimate of drug-likeness (QED) is 0.0222. The summed E-state index contributed by atoms with van der Waals surface area (Å²) in [7, 11) is -9.91. The van der Waals surface area contributed by atoms with Gasteiger partial charge in [-0.25, -0.2) is 9.13 Å². The van der Waals surface area contributed by atoms with E-state index in [-0.39, 0.29) is 25.7 Å². The van der Waals surface area contributed by atoms with Crippen LogP contribution in [0.2, 0.25) is 0 Å². The van der Waals surface area contributed by atoms with Gasteiger partial charge in [0.25, 0.3) is 0 Å². The maximum absolute atomic E-state index is 13.1. The summed E-state index contributed by atoms with van der Waals surface area (Å²) < 4.78 is 68.6. The summed E-state index contributed by atoms with van der Waals surface area (Å²) >= 11 is 0. The van der Waals surface area contributed by atoms with Crippen molar-refractivity contribution in [3.05, 3.63) is 0 Å². The minimum Gasteiger partial charge on any atom is -0.462 e. The van der Waals surface area contributed by atoms with Gasteiger partial charge in [-0.3, -0.25) is 37.3 Å². The largest absolute Gasteiger partial charge is 0.472 e. The molecule has 0 aromatic carbocycles. The van der Waals surface area contributed by atoms with E-state index < -0.39 is 97.5 Å². The first-order valence-electron chi connectivity index (χ1n) is 39.5. The van der Waals surface area contributed by atoms with Gasteiger partial charge >= 0.3 is 39.5 Å². The number of esters is 4. The van der Waals surface area contributed by atoms with Crippen LogP contribution in [-0.2, 0) is 65.4 Å². The third-order valence-corrected chi connectivity index (χ3v) is 19.6. The minimum absolute atomic E-state index is 0.107. The molecule has 0 spiro atoms. The molecule has 0 radical (unpaired) electrons. The number of unbranched alkanes of at least 4 members (excludes halogenated alkanes) is 45. The number of carbonyl (C=O) groups is 4. The molecule has 5 atom stereocenters. The summed E-state index contributed by atoms with van der Waals surface area (Å²) in [5.74, 6) is -0.616. The Morgan fingerprint density at radius 2 is 0.484 bits per heavy atom. The van der Waals surface area contributed by atoms with Crippen molar-refractivity contribution in [3.8, 4) is 0 Å². The summed E-state index contributed by atoms with van der Waals surface area (Å²) in [6, 6.07) is 0. The van der Waals surface area contributed by atoms with Crippen LogP contribution in [0.25, 0.3) is 0 Å². The zero-order valence-corrected chi connectivity index (χ0v) is 63.8. The lowest BCUT2D eigenvalue weighted by atomic mass is 10.0. The van der Waals surface area contributed by atoms with E-state index >= 15 is 0 Å². The van der Waals surface area contributed by atoms with Gasteiger partial charge in [0.1, 0.15) is 19.3 Å². The van der Waals surface area contributed by atoms with E-state index in [1.165, 1.54) is 212 Å². The number of hydrogen-bond acceptors (Lipinski definition) is 15. The molecule has 0 aliphatic heterocycles. The van der Waals surface area contributed by atoms with Gasteiger partial charge in [0.15, 0.2) is 12.2 Å². The molecule has 0 aromatic heterocycles. The fraction of sp³-hybridized carbons (Fsp3) is 0.947. The molecule has 0 saturated carbocycles. The summed E-state index contributed by atoms with van der Waals surface area (Å²) in [6.07, 6.45) is 55.4. The predicted octanol–water partition coefficient (Wildman–Crippen LogP) is 22.3. The van der Waals surface area contributed by atoms with Gasteiger partial charge in [0.05, 0.1) is 26.4 Å². The van der Waals surface area contributed by atoms with Crippen LogP contribution in [0.4, 0.5) is 0 Å². The van der Waals surface area contributed by atoms with Crippen molar-refractivity contribution in [2.75, 3.05) is 39.6 Å². The van der Waals surface area contributed by atoms with Gasteiger partial charge in [-0.2, -0.15) is 0 Å². The molecule has 0 amide bonds. The maximum Gasteiger partial charge on any atom is 0.472 e. The van der Waals surface area contributed by atoms with E-state index in [2.05, 4.69) is 41.5 Å². The number of aliphatic hydroxyl groups excluding tert-OH is 1. The molecule has 2 unspecified atom stereocenters. The van der Waals surface area contributed by atoms with Crippen LogP contribution in [0.1, 0.15) is 395 Å². The fourth-order valence-electron chi connectivity index (χ4n) is 11.7. The molecule has 0 fully saturated rings. The number of rotatable bonds is 75. The first-order valence-corrected chi connectivity index (χ1v) is 42.5. The highest BCUT2D eigenvalue weighted by atomic mass is 31.2. The molecule has 0 aromatic rings. The van der Waals surface area contributed by atoms with E-state index in [9.17, 15) is 43.2 Å². The van der Waals surface area contributed by atoms with Crippen molar-refractivity contribution in [3.63, 3.8) is 0 Å². The van der Waals surface area contributed by atoms with E-state index in [0.717, 1.165) is 102 Å². The zero-order chi connectivity index (χ0) is 70.0. The molecule has 3 N–H and O–H groups in total. The molecule has 19 heteroatoms. The number of ether oxygens (including phenoxy) is 4. The molecule has 17 nitrogen and oxygen atoms in total. The Morgan fingerprint density at radius 1 is 0.284 bits per heavy atom. The zero-order valence-electron chi connectivity index (χ0n) is 62.0. The number of hydrogen-bond donors (Lipinski definition) is 3. The summed E-state index contributed by atoms with van der Waals surface area (Å²) in [5, 5.41) is 10.6. The Bertz CT molecular complexity index is 1840. The molecule has 0 saturated heterocycles. The van der Waals surface area contributed by atoms with Crippen LogP contribution in [0, 0.1) is 11.8 Å². The highest BCUT2D eigenvalue weighted by Crippen LogP contribution is 2.45. The molecular weight excluding hydrogens is 1250 g/mol. The summed E-state index contributed by atoms with van der Waals surface area (Å²) in [6.45, 7) is 9.58. The monoisotopic (exact) mass is 1400 g/mol. The molecule has 0 aliphatic carbocycles. The van der Waals surface area contributed by atoms with Gasteiger partial charge in [-0.15, -0.1) is 0 Å². The Hall–Kier alpha value is -1.94. The van der Waals surface area contributed by atoms with Gasteiger partial charge in [-0.1, -0.05) is 343 Å². The van der Waals surface area contributed by atoms with Crippen LogP contribution >= 0.6 is 15.6 Å². The van der Waals surface area contributed by atoms with Gasteiger partial charge in [-0.05, 0) is 37.5 Å². The molecular formula is C76H148O17P2. The number of carbonyl (C=O) groups excluding carboxylic acids is 4. The third kappa shape index (κ3) is 70.3. The lowest BCUT2D eigenvalue weighted by Crippen LogP contribution is -2.30. The van der Waals surface area contributed by atoms with Crippen molar-refractivity contribution < 1.29 is 80.2 Å². The van der Waals surface area contributed by atoms with Crippen molar-refractivity contribution in [2.45, 2.75) is 413 Å². The van der Waals surface area contributed by atoms with Crippen molar-refractivity contribution in [1.29, 1.82) is 0 Å². The van der Waals surface area contributed by atoms with Crippen LogP contribution in [0.5, 0.6) is 0 Å². The molecule has 0 aliphatic rings. The standard InChI is InChI=1S/C76H148O17P2/c1-7-9-11-13-15-17-19-21-23-24-26-30-35-43-49-55-61-76(81)92-71(64-86-73(78)58-52-46-40-33-31-27-28-32-38-44-50-56-68(3)4)66-90-94(82,83)88-62-70(77)63-89-95(84,85)91-67-72(65-87-74(79)59-53-47-41-37-36-39-45-51-57-69(5)6)93-75(80)60-54-48-42-34-29-25-22-20-18-16-14-12-10-8-2/h68-72,77H,7-67H2,1-6H3,(H,82,83)(H,84,85)/t70-,71-,72-/m1/s1. The molecule has 95 heavy (non-hydrogen) atoms. The SMILES string of the molecule is CCCCCCCCCCCCCCCCCCC(=O)O[C@H](COC(=O)CCCCCCCCCCCCCC(C)C)COP(=O)(O)OC[C@@H](O)COP(=O)(O)OC[C@@H](COC(=O)CCCCCCCCCCC(C)C)OC(=O)CCCCCCCCCCCCCCCC. The van der Waals surface area contributed by atoms with Gasteiger partial charge < -0.3 is 33.8 Å². The van der Waals surface area contributed by atoms with Crippen molar-refractivity contribution in [2.24, 2.45) is 11.8 Å². The smallest absolute Gasteiger partial charge is 0.462 e. The third-order valence-electron chi connectivity index (χ3n) is 17.7. The number of phosphoric ester groups is 2. The first kappa shape index (κ1) is 93.1. The Labute approximate surface area is 581 Å². The first-order chi connectivity index (χ1) is 45.9. The fourth-order valence-corrected chi connectivity index (χ4v) is 13.2. The number of aliphatic hydroxyl groups is 1. The summed E-state index contributed by atoms with van der Waals surface area (Å²) in [4.78, 5) is 72.8. The molecule has 564 valence electrons. The second-order valence-corrected chi connectivity index (χ2v) is 31.3. The van der Waals surface area contributed by atoms with Crippen molar-refractivity contribution >= 4 is 39.5 Å². The lowest BCUT2D eigenvalue weighted by molar-refractivity contribution is -0.161. The van der Waals surface area contributed by atoms with Crippen molar-refractivity contribution in [1.82, 2.24) is 0 Å². The highest BCUT2D eigenvalue weighted by Gasteiger charge is 2.30. The second-order valence-electron chi connectivity index (χ2n) is 28.3. The second kappa shape index (κ2) is 67.9. The van der Waals surface area contributed by atoms with E-state index in [1.54, 1.807) is 0 Å². The van der Waals surface area contributed by atoms with E-state index in [4.69, 9.17) is 37.0 Å². The average Bonchev–Trinajstić information content (AvgIpc) is 2.46. The van der Waals surface area contributed by atoms with Crippen LogP contribution in [0.3, 0.4) is 0 Å².